The zero-order chi connectivity index (χ0) is 13.0. The Morgan fingerprint density at radius 1 is 1.00 bits per heavy atom. The summed E-state index contributed by atoms with van der Waals surface area (Å²) in [5.41, 5.74) is 5.36. The Hall–Kier alpha value is -1.10. The summed E-state index contributed by atoms with van der Waals surface area (Å²) in [7, 11) is 0. The van der Waals surface area contributed by atoms with E-state index in [0.29, 0.717) is 6.54 Å². The predicted molar refractivity (Wildman–Crippen MR) is 68.8 cm³/mol. The van der Waals surface area contributed by atoms with Crippen LogP contribution in [0.4, 0.5) is 0 Å². The van der Waals surface area contributed by atoms with Gasteiger partial charge in [-0.3, -0.25) is 14.5 Å². The third kappa shape index (κ3) is 3.22. The van der Waals surface area contributed by atoms with Gasteiger partial charge >= 0.3 is 0 Å². The number of nitrogens with zero attached hydrogens (tertiary/aromatic N) is 2. The van der Waals surface area contributed by atoms with E-state index in [0.717, 1.165) is 45.3 Å². The van der Waals surface area contributed by atoms with Gasteiger partial charge in [0, 0.05) is 13.1 Å². The zero-order valence-corrected chi connectivity index (χ0v) is 10.9. The molecule has 2 amide bonds. The highest BCUT2D eigenvalue weighted by molar-refractivity contribution is 5.82. The molecule has 2 aliphatic rings. The van der Waals surface area contributed by atoms with Crippen molar-refractivity contribution in [2.75, 3.05) is 26.2 Å². The van der Waals surface area contributed by atoms with Crippen molar-refractivity contribution in [2.45, 2.75) is 44.6 Å². The second kappa shape index (κ2) is 6.18. The van der Waals surface area contributed by atoms with Crippen molar-refractivity contribution in [3.63, 3.8) is 0 Å². The molecular formula is C13H23N3O2. The number of hydrogen-bond donors (Lipinski definition) is 1. The van der Waals surface area contributed by atoms with Gasteiger partial charge in [-0.1, -0.05) is 12.8 Å². The van der Waals surface area contributed by atoms with Crippen molar-refractivity contribution in [3.8, 4) is 0 Å². The number of amides is 2. The molecule has 0 spiro atoms. The van der Waals surface area contributed by atoms with Crippen LogP contribution >= 0.6 is 0 Å². The van der Waals surface area contributed by atoms with Gasteiger partial charge in [-0.05, 0) is 32.2 Å². The Labute approximate surface area is 108 Å². The summed E-state index contributed by atoms with van der Waals surface area (Å²) in [6.45, 7) is 2.91. The molecule has 0 bridgehead atoms. The molecule has 0 radical (unpaired) electrons. The summed E-state index contributed by atoms with van der Waals surface area (Å²) < 4.78 is 0. The maximum absolute atomic E-state index is 12.2. The minimum Gasteiger partial charge on any atom is -0.368 e. The van der Waals surface area contributed by atoms with Crippen LogP contribution in [0.3, 0.4) is 0 Å². The fourth-order valence-electron chi connectivity index (χ4n) is 2.93. The minimum atomic E-state index is -0.295. The summed E-state index contributed by atoms with van der Waals surface area (Å²) >= 11 is 0. The molecule has 0 saturated carbocycles. The SMILES string of the molecule is NC(=O)C1CCCN1CC(=O)N1CCCCCC1. The van der Waals surface area contributed by atoms with E-state index in [9.17, 15) is 9.59 Å². The maximum atomic E-state index is 12.2. The second-order valence-electron chi connectivity index (χ2n) is 5.33. The van der Waals surface area contributed by atoms with Crippen molar-refractivity contribution in [1.82, 2.24) is 9.80 Å². The Balaban J connectivity index is 1.87. The molecule has 5 nitrogen and oxygen atoms in total. The molecule has 2 fully saturated rings. The van der Waals surface area contributed by atoms with Crippen molar-refractivity contribution >= 4 is 11.8 Å². The van der Waals surface area contributed by atoms with E-state index in [1.54, 1.807) is 0 Å². The minimum absolute atomic E-state index is 0.157. The Morgan fingerprint density at radius 2 is 1.67 bits per heavy atom. The molecule has 0 aliphatic carbocycles. The monoisotopic (exact) mass is 253 g/mol. The van der Waals surface area contributed by atoms with Gasteiger partial charge in [-0.25, -0.2) is 0 Å². The molecule has 2 aliphatic heterocycles. The third-order valence-electron chi connectivity index (χ3n) is 3.99. The highest BCUT2D eigenvalue weighted by atomic mass is 16.2. The third-order valence-corrected chi connectivity index (χ3v) is 3.99. The fraction of sp³-hybridized carbons (Fsp3) is 0.846. The zero-order valence-electron chi connectivity index (χ0n) is 10.9. The van der Waals surface area contributed by atoms with E-state index in [2.05, 4.69) is 0 Å². The Kier molecular flexibility index (Phi) is 4.58. The van der Waals surface area contributed by atoms with E-state index >= 15 is 0 Å². The molecular weight excluding hydrogens is 230 g/mol. The van der Waals surface area contributed by atoms with Gasteiger partial charge in [0.2, 0.25) is 11.8 Å². The summed E-state index contributed by atoms with van der Waals surface area (Å²) in [4.78, 5) is 27.4. The van der Waals surface area contributed by atoms with Crippen molar-refractivity contribution in [2.24, 2.45) is 5.73 Å². The quantitative estimate of drug-likeness (QED) is 0.788. The first-order chi connectivity index (χ1) is 8.68. The normalized spacial score (nSPS) is 26.0. The van der Waals surface area contributed by atoms with Gasteiger partial charge in [-0.2, -0.15) is 0 Å². The van der Waals surface area contributed by atoms with Gasteiger partial charge in [0.15, 0.2) is 0 Å². The van der Waals surface area contributed by atoms with Crippen LogP contribution in [0.2, 0.25) is 0 Å². The molecule has 102 valence electrons. The van der Waals surface area contributed by atoms with E-state index in [1.165, 1.54) is 12.8 Å². The van der Waals surface area contributed by atoms with Crippen molar-refractivity contribution in [1.29, 1.82) is 0 Å². The van der Waals surface area contributed by atoms with Gasteiger partial charge < -0.3 is 10.6 Å². The average Bonchev–Trinajstić information content (AvgIpc) is 2.63. The lowest BCUT2D eigenvalue weighted by Crippen LogP contribution is -2.46. The van der Waals surface area contributed by atoms with Gasteiger partial charge in [0.1, 0.15) is 0 Å². The average molecular weight is 253 g/mol. The van der Waals surface area contributed by atoms with E-state index in [4.69, 9.17) is 5.73 Å². The molecule has 0 aromatic heterocycles. The van der Waals surface area contributed by atoms with Gasteiger partial charge in [0.25, 0.3) is 0 Å². The van der Waals surface area contributed by atoms with Crippen molar-refractivity contribution in [3.05, 3.63) is 0 Å². The summed E-state index contributed by atoms with van der Waals surface area (Å²) in [6.07, 6.45) is 6.40. The van der Waals surface area contributed by atoms with Crippen LogP contribution in [-0.2, 0) is 9.59 Å². The van der Waals surface area contributed by atoms with Crippen LogP contribution in [-0.4, -0.2) is 53.8 Å². The van der Waals surface area contributed by atoms with E-state index < -0.39 is 0 Å². The van der Waals surface area contributed by atoms with Crippen LogP contribution < -0.4 is 5.73 Å². The van der Waals surface area contributed by atoms with Crippen LogP contribution in [0, 0.1) is 0 Å². The van der Waals surface area contributed by atoms with Crippen LogP contribution in [0.5, 0.6) is 0 Å². The molecule has 0 aromatic carbocycles. The molecule has 2 rings (SSSR count). The molecule has 2 saturated heterocycles. The largest absolute Gasteiger partial charge is 0.368 e. The second-order valence-corrected chi connectivity index (χ2v) is 5.33. The van der Waals surface area contributed by atoms with Crippen LogP contribution in [0.15, 0.2) is 0 Å². The first-order valence-electron chi connectivity index (χ1n) is 6.99. The van der Waals surface area contributed by atoms with Gasteiger partial charge in [0.05, 0.1) is 12.6 Å². The first-order valence-corrected chi connectivity index (χ1v) is 6.99. The number of primary amides is 1. The standard InChI is InChI=1S/C13H23N3O2/c14-13(18)11-6-5-9-16(11)10-12(17)15-7-3-1-2-4-8-15/h11H,1-10H2,(H2,14,18). The fourth-order valence-corrected chi connectivity index (χ4v) is 2.93. The lowest BCUT2D eigenvalue weighted by atomic mass is 10.2. The Bertz CT molecular complexity index is 311. The summed E-state index contributed by atoms with van der Waals surface area (Å²) in [5.74, 6) is -0.138. The number of hydrogen-bond acceptors (Lipinski definition) is 3. The lowest BCUT2D eigenvalue weighted by molar-refractivity contribution is -0.133. The smallest absolute Gasteiger partial charge is 0.236 e. The highest BCUT2D eigenvalue weighted by Crippen LogP contribution is 2.17. The highest BCUT2D eigenvalue weighted by Gasteiger charge is 2.31. The van der Waals surface area contributed by atoms with Gasteiger partial charge in [-0.15, -0.1) is 0 Å². The van der Waals surface area contributed by atoms with E-state index in [-0.39, 0.29) is 17.9 Å². The summed E-state index contributed by atoms with van der Waals surface area (Å²) in [6, 6.07) is -0.235. The molecule has 1 unspecified atom stereocenters. The van der Waals surface area contributed by atoms with E-state index in [1.807, 2.05) is 9.80 Å². The first kappa shape index (κ1) is 13.3. The predicted octanol–water partition coefficient (Wildman–Crippen LogP) is 0.339. The molecule has 18 heavy (non-hydrogen) atoms. The molecule has 0 aromatic rings. The van der Waals surface area contributed by atoms with Crippen molar-refractivity contribution < 1.29 is 9.59 Å². The lowest BCUT2D eigenvalue weighted by Gasteiger charge is -2.26. The number of likely N-dealkylation sites (tertiary alicyclic amines) is 2. The number of rotatable bonds is 3. The Morgan fingerprint density at radius 3 is 2.28 bits per heavy atom. The molecule has 2 N–H and O–H groups in total. The summed E-state index contributed by atoms with van der Waals surface area (Å²) in [5, 5.41) is 0. The number of nitrogens with two attached hydrogens (primary N) is 1. The number of carbonyl (C=O) groups is 2. The van der Waals surface area contributed by atoms with Crippen LogP contribution in [0.1, 0.15) is 38.5 Å². The maximum Gasteiger partial charge on any atom is 0.236 e. The molecule has 1 atom stereocenters. The molecule has 5 heteroatoms. The topological polar surface area (TPSA) is 66.6 Å². The molecule has 2 heterocycles. The van der Waals surface area contributed by atoms with Crippen LogP contribution in [0.25, 0.3) is 0 Å². The number of carbonyl (C=O) groups excluding carboxylic acids is 2.